The molecule has 3 heterocycles. The van der Waals surface area contributed by atoms with Crippen molar-refractivity contribution in [3.8, 4) is 11.4 Å². The SMILES string of the molecule is Cc1c(-c2nc3c(c(NN)n2)COCC3)cnn1C. The molecular formula is C12H16N6O. The lowest BCUT2D eigenvalue weighted by molar-refractivity contribution is 0.109. The highest BCUT2D eigenvalue weighted by Crippen LogP contribution is 2.26. The number of hydrogen-bond acceptors (Lipinski definition) is 6. The molecule has 0 atom stereocenters. The maximum absolute atomic E-state index is 5.55. The van der Waals surface area contributed by atoms with E-state index in [2.05, 4.69) is 20.5 Å². The second kappa shape index (κ2) is 4.60. The summed E-state index contributed by atoms with van der Waals surface area (Å²) in [4.78, 5) is 9.09. The number of nitrogens with zero attached hydrogens (tertiary/aromatic N) is 4. The predicted molar refractivity (Wildman–Crippen MR) is 70.1 cm³/mol. The van der Waals surface area contributed by atoms with Crippen molar-refractivity contribution in [2.75, 3.05) is 12.0 Å². The van der Waals surface area contributed by atoms with Crippen molar-refractivity contribution in [3.63, 3.8) is 0 Å². The van der Waals surface area contributed by atoms with Crippen LogP contribution in [-0.4, -0.2) is 26.4 Å². The van der Waals surface area contributed by atoms with Crippen molar-refractivity contribution in [1.29, 1.82) is 0 Å². The van der Waals surface area contributed by atoms with Gasteiger partial charge in [0.15, 0.2) is 5.82 Å². The molecule has 7 heteroatoms. The fraction of sp³-hybridized carbons (Fsp3) is 0.417. The molecule has 2 aromatic heterocycles. The highest BCUT2D eigenvalue weighted by Gasteiger charge is 2.19. The van der Waals surface area contributed by atoms with E-state index in [0.29, 0.717) is 24.9 Å². The van der Waals surface area contributed by atoms with Gasteiger partial charge in [0.1, 0.15) is 5.82 Å². The van der Waals surface area contributed by atoms with E-state index in [0.717, 1.165) is 28.9 Å². The molecule has 1 aliphatic heterocycles. The summed E-state index contributed by atoms with van der Waals surface area (Å²) in [5.41, 5.74) is 6.52. The van der Waals surface area contributed by atoms with Gasteiger partial charge in [-0.15, -0.1) is 0 Å². The molecule has 100 valence electrons. The summed E-state index contributed by atoms with van der Waals surface area (Å²) in [6.07, 6.45) is 2.55. The Hall–Kier alpha value is -1.99. The Labute approximate surface area is 110 Å². The van der Waals surface area contributed by atoms with Crippen LogP contribution in [0.25, 0.3) is 11.4 Å². The fourth-order valence-corrected chi connectivity index (χ4v) is 2.19. The Balaban J connectivity index is 2.15. The molecule has 0 bridgehead atoms. The van der Waals surface area contributed by atoms with Crippen molar-refractivity contribution in [3.05, 3.63) is 23.1 Å². The summed E-state index contributed by atoms with van der Waals surface area (Å²) in [5.74, 6) is 6.83. The van der Waals surface area contributed by atoms with Gasteiger partial charge in [-0.3, -0.25) is 4.68 Å². The summed E-state index contributed by atoms with van der Waals surface area (Å²) < 4.78 is 7.22. The molecular weight excluding hydrogens is 244 g/mol. The lowest BCUT2D eigenvalue weighted by atomic mass is 10.1. The van der Waals surface area contributed by atoms with Crippen molar-refractivity contribution >= 4 is 5.82 Å². The van der Waals surface area contributed by atoms with Crippen LogP contribution in [0.4, 0.5) is 5.82 Å². The van der Waals surface area contributed by atoms with Gasteiger partial charge in [0.25, 0.3) is 0 Å². The van der Waals surface area contributed by atoms with E-state index < -0.39 is 0 Å². The van der Waals surface area contributed by atoms with Gasteiger partial charge in [-0.05, 0) is 6.92 Å². The smallest absolute Gasteiger partial charge is 0.165 e. The molecule has 3 N–H and O–H groups in total. The lowest BCUT2D eigenvalue weighted by Crippen LogP contribution is -2.19. The fourth-order valence-electron chi connectivity index (χ4n) is 2.19. The number of ether oxygens (including phenoxy) is 1. The number of nitrogens with one attached hydrogen (secondary N) is 1. The average molecular weight is 260 g/mol. The number of nitrogen functional groups attached to an aromatic ring is 1. The first kappa shape index (κ1) is 12.1. The lowest BCUT2D eigenvalue weighted by Gasteiger charge is -2.19. The molecule has 0 aromatic carbocycles. The van der Waals surface area contributed by atoms with Crippen LogP contribution < -0.4 is 11.3 Å². The van der Waals surface area contributed by atoms with Gasteiger partial charge in [0, 0.05) is 24.7 Å². The first-order valence-corrected chi connectivity index (χ1v) is 6.14. The zero-order valence-electron chi connectivity index (χ0n) is 11.0. The maximum Gasteiger partial charge on any atom is 0.165 e. The molecule has 2 aromatic rings. The van der Waals surface area contributed by atoms with Gasteiger partial charge in [-0.25, -0.2) is 15.8 Å². The molecule has 0 saturated heterocycles. The number of hydrogen-bond donors (Lipinski definition) is 2. The van der Waals surface area contributed by atoms with Gasteiger partial charge in [-0.2, -0.15) is 5.10 Å². The van der Waals surface area contributed by atoms with E-state index in [1.165, 1.54) is 0 Å². The Bertz CT molecular complexity index is 604. The van der Waals surface area contributed by atoms with E-state index in [9.17, 15) is 0 Å². The first-order chi connectivity index (χ1) is 9.20. The predicted octanol–water partition coefficient (Wildman–Crippen LogP) is 0.544. The van der Waals surface area contributed by atoms with Crippen LogP contribution >= 0.6 is 0 Å². The third kappa shape index (κ3) is 1.96. The Kier molecular flexibility index (Phi) is 2.92. The van der Waals surface area contributed by atoms with E-state index >= 15 is 0 Å². The molecule has 7 nitrogen and oxygen atoms in total. The van der Waals surface area contributed by atoms with Crippen LogP contribution in [-0.2, 0) is 24.8 Å². The van der Waals surface area contributed by atoms with E-state index in [1.807, 2.05) is 14.0 Å². The summed E-state index contributed by atoms with van der Waals surface area (Å²) >= 11 is 0. The summed E-state index contributed by atoms with van der Waals surface area (Å²) in [7, 11) is 1.90. The highest BCUT2D eigenvalue weighted by molar-refractivity contribution is 5.61. The number of anilines is 1. The highest BCUT2D eigenvalue weighted by atomic mass is 16.5. The molecule has 0 saturated carbocycles. The minimum Gasteiger partial charge on any atom is -0.376 e. The zero-order chi connectivity index (χ0) is 13.4. The van der Waals surface area contributed by atoms with Gasteiger partial charge >= 0.3 is 0 Å². The molecule has 3 rings (SSSR count). The van der Waals surface area contributed by atoms with E-state index in [1.54, 1.807) is 10.9 Å². The summed E-state index contributed by atoms with van der Waals surface area (Å²) in [6.45, 7) is 3.17. The quantitative estimate of drug-likeness (QED) is 0.605. The molecule has 0 unspecified atom stereocenters. The molecule has 0 radical (unpaired) electrons. The van der Waals surface area contributed by atoms with Crippen molar-refractivity contribution < 1.29 is 4.74 Å². The molecule has 0 fully saturated rings. The van der Waals surface area contributed by atoms with Gasteiger partial charge in [0.05, 0.1) is 30.7 Å². The normalized spacial score (nSPS) is 14.3. The Morgan fingerprint density at radius 1 is 1.42 bits per heavy atom. The molecule has 1 aliphatic rings. The largest absolute Gasteiger partial charge is 0.376 e. The molecule has 19 heavy (non-hydrogen) atoms. The Morgan fingerprint density at radius 2 is 2.26 bits per heavy atom. The number of nitrogens with two attached hydrogens (primary N) is 1. The molecule has 0 amide bonds. The van der Waals surface area contributed by atoms with Gasteiger partial charge in [0.2, 0.25) is 0 Å². The third-order valence-corrected chi connectivity index (χ3v) is 3.44. The standard InChI is InChI=1S/C12H16N6O/c1-7-8(5-14-18(7)2)11-15-10-3-4-19-6-9(10)12(16-11)17-13/h5H,3-4,6,13H2,1-2H3,(H,15,16,17). The maximum atomic E-state index is 5.55. The number of fused-ring (bicyclic) bond motifs is 1. The monoisotopic (exact) mass is 260 g/mol. The van der Waals surface area contributed by atoms with Crippen LogP contribution in [0.1, 0.15) is 17.0 Å². The van der Waals surface area contributed by atoms with E-state index in [4.69, 9.17) is 10.6 Å². The van der Waals surface area contributed by atoms with Gasteiger partial charge in [-0.1, -0.05) is 0 Å². The summed E-state index contributed by atoms with van der Waals surface area (Å²) in [5, 5.41) is 4.22. The van der Waals surface area contributed by atoms with Crippen molar-refractivity contribution in [2.45, 2.75) is 20.0 Å². The van der Waals surface area contributed by atoms with Crippen LogP contribution in [0.5, 0.6) is 0 Å². The first-order valence-electron chi connectivity index (χ1n) is 6.14. The van der Waals surface area contributed by atoms with Crippen LogP contribution in [0, 0.1) is 6.92 Å². The molecule has 0 spiro atoms. The van der Waals surface area contributed by atoms with Crippen LogP contribution in [0.15, 0.2) is 6.20 Å². The minimum absolute atomic E-state index is 0.501. The number of aryl methyl sites for hydroxylation is 1. The van der Waals surface area contributed by atoms with E-state index in [-0.39, 0.29) is 0 Å². The van der Waals surface area contributed by atoms with Crippen molar-refractivity contribution in [2.24, 2.45) is 12.9 Å². The summed E-state index contributed by atoms with van der Waals surface area (Å²) in [6, 6.07) is 0. The number of hydrazine groups is 1. The number of aromatic nitrogens is 4. The third-order valence-electron chi connectivity index (χ3n) is 3.44. The second-order valence-corrected chi connectivity index (χ2v) is 4.54. The molecule has 0 aliphatic carbocycles. The van der Waals surface area contributed by atoms with Gasteiger partial charge < -0.3 is 10.2 Å². The Morgan fingerprint density at radius 3 is 2.95 bits per heavy atom. The minimum atomic E-state index is 0.501. The van der Waals surface area contributed by atoms with Crippen LogP contribution in [0.3, 0.4) is 0 Å². The zero-order valence-corrected chi connectivity index (χ0v) is 11.0. The van der Waals surface area contributed by atoms with Crippen molar-refractivity contribution in [1.82, 2.24) is 19.7 Å². The number of rotatable bonds is 2. The average Bonchev–Trinajstić information content (AvgIpc) is 2.78. The van der Waals surface area contributed by atoms with Crippen LogP contribution in [0.2, 0.25) is 0 Å². The second-order valence-electron chi connectivity index (χ2n) is 4.54. The topological polar surface area (TPSA) is 90.9 Å².